The molecule has 0 aromatic carbocycles. The number of phosphoric acid groups is 3. The monoisotopic (exact) mass is 989 g/mol. The van der Waals surface area contributed by atoms with E-state index >= 15 is 0 Å². The van der Waals surface area contributed by atoms with Crippen molar-refractivity contribution in [1.29, 1.82) is 0 Å². The summed E-state index contributed by atoms with van der Waals surface area (Å²) in [7, 11) is -16.4. The number of nitrogens with two attached hydrogens (primary N) is 1. The van der Waals surface area contributed by atoms with E-state index in [0.717, 1.165) is 61.1 Å². The van der Waals surface area contributed by atoms with E-state index in [-0.39, 0.29) is 53.8 Å². The number of rotatable bonds is 29. The van der Waals surface area contributed by atoms with Crippen molar-refractivity contribution >= 4 is 69.1 Å². The molecule has 1 aliphatic rings. The van der Waals surface area contributed by atoms with E-state index in [0.29, 0.717) is 6.42 Å². The van der Waals surface area contributed by atoms with Gasteiger partial charge in [0, 0.05) is 37.1 Å². The number of ether oxygens (including phenoxy) is 1. The highest BCUT2D eigenvalue weighted by atomic mass is 32.2. The lowest BCUT2D eigenvalue weighted by molar-refractivity contribution is -0.137. The second-order valence-electron chi connectivity index (χ2n) is 15.0. The fourth-order valence-electron chi connectivity index (χ4n) is 5.85. The van der Waals surface area contributed by atoms with Crippen molar-refractivity contribution in [2.45, 2.75) is 109 Å². The van der Waals surface area contributed by atoms with E-state index in [2.05, 4.69) is 65.6 Å². The van der Waals surface area contributed by atoms with E-state index in [4.69, 9.17) is 19.5 Å². The van der Waals surface area contributed by atoms with Crippen molar-refractivity contribution in [3.63, 3.8) is 0 Å². The number of nitrogens with one attached hydrogen (secondary N) is 2. The van der Waals surface area contributed by atoms with E-state index in [1.807, 2.05) is 0 Å². The van der Waals surface area contributed by atoms with Crippen molar-refractivity contribution in [1.82, 2.24) is 30.2 Å². The Bertz CT molecular complexity index is 2060. The quantitative estimate of drug-likeness (QED) is 0.0316. The number of phosphoric ester groups is 3. The number of thioether (sulfide) groups is 1. The van der Waals surface area contributed by atoms with Gasteiger partial charge < -0.3 is 56.0 Å². The first-order valence-corrected chi connectivity index (χ1v) is 25.5. The number of allylic oxidation sites excluding steroid dienone is 4. The summed E-state index contributed by atoms with van der Waals surface area (Å²) in [6.07, 6.45) is 5.67. The standard InChI is InChI=1S/C35H58N7O18P3S/c1-4-5-6-7-8-9-10-11-12-13-23(43)18-26(45)64-17-16-37-25(44)14-15-38-33(48)30(47)35(2,3)20-57-63(54,55)60-62(52,53)56-19-24-29(59-61(49,50)51)28(46)34(58-24)42-22-41-27-31(36)39-21-40-32(27)42/h5-6,8-9,21-24,28-30,34,43,46-47H,4,7,10-20H2,1-3H3,(H,37,44)(H,38,48)(H,52,53)(H,54,55)(H2,36,39,40)(H2,49,50,51)/b6-5-,9-8-/t23-,24+,28+,29+,30-,34+/m0/s1. The zero-order valence-electron chi connectivity index (χ0n) is 35.4. The third-order valence-corrected chi connectivity index (χ3v) is 13.2. The van der Waals surface area contributed by atoms with Crippen LogP contribution in [0.4, 0.5) is 5.82 Å². The highest BCUT2D eigenvalue weighted by Gasteiger charge is 2.50. The number of aliphatic hydroxyl groups excluding tert-OH is 3. The van der Waals surface area contributed by atoms with Gasteiger partial charge in [-0.3, -0.25) is 32.5 Å². The van der Waals surface area contributed by atoms with Crippen LogP contribution in [0.5, 0.6) is 0 Å². The summed E-state index contributed by atoms with van der Waals surface area (Å²) in [5.41, 5.74) is 4.24. The van der Waals surface area contributed by atoms with Crippen molar-refractivity contribution in [3.05, 3.63) is 37.0 Å². The third-order valence-electron chi connectivity index (χ3n) is 9.17. The fourth-order valence-corrected chi connectivity index (χ4v) is 9.42. The first-order chi connectivity index (χ1) is 29.9. The van der Waals surface area contributed by atoms with Crippen molar-refractivity contribution < 1.29 is 85.6 Å². The molecule has 1 saturated heterocycles. The Morgan fingerprint density at radius 2 is 1.70 bits per heavy atom. The summed E-state index contributed by atoms with van der Waals surface area (Å²) in [5.74, 6) is -1.25. The smallest absolute Gasteiger partial charge is 0.393 e. The van der Waals surface area contributed by atoms with Gasteiger partial charge in [0.25, 0.3) is 0 Å². The summed E-state index contributed by atoms with van der Waals surface area (Å²) in [6.45, 7) is 2.44. The molecule has 3 heterocycles. The predicted octanol–water partition coefficient (Wildman–Crippen LogP) is 1.89. The van der Waals surface area contributed by atoms with Crippen LogP contribution in [-0.2, 0) is 50.7 Å². The largest absolute Gasteiger partial charge is 0.481 e. The molecule has 8 atom stereocenters. The lowest BCUT2D eigenvalue weighted by Gasteiger charge is -2.30. The van der Waals surface area contributed by atoms with Gasteiger partial charge in [-0.15, -0.1) is 0 Å². The molecule has 64 heavy (non-hydrogen) atoms. The van der Waals surface area contributed by atoms with E-state index in [1.165, 1.54) is 13.8 Å². The third kappa shape index (κ3) is 19.1. The second-order valence-corrected chi connectivity index (χ2v) is 20.4. The Hall–Kier alpha value is -3.00. The first-order valence-electron chi connectivity index (χ1n) is 20.0. The number of aromatic nitrogens is 4. The van der Waals surface area contributed by atoms with Crippen LogP contribution in [0.3, 0.4) is 0 Å². The van der Waals surface area contributed by atoms with Crippen LogP contribution in [0.15, 0.2) is 37.0 Å². The number of fused-ring (bicyclic) bond motifs is 1. The molecule has 0 radical (unpaired) electrons. The minimum Gasteiger partial charge on any atom is -0.393 e. The summed E-state index contributed by atoms with van der Waals surface area (Å²) in [5, 5.41) is 36.4. The van der Waals surface area contributed by atoms with Crippen molar-refractivity contribution in [2.24, 2.45) is 5.41 Å². The Kier molecular flexibility index (Phi) is 22.3. The molecular formula is C35H58N7O18P3S. The van der Waals surface area contributed by atoms with Crippen LogP contribution in [0.2, 0.25) is 0 Å². The molecule has 1 aliphatic heterocycles. The number of carbonyl (C=O) groups excluding carboxylic acids is 3. The molecule has 25 nitrogen and oxygen atoms in total. The van der Waals surface area contributed by atoms with Gasteiger partial charge in [-0.1, -0.05) is 63.3 Å². The normalized spacial score (nSPS) is 21.2. The average Bonchev–Trinajstić information content (AvgIpc) is 3.76. The van der Waals surface area contributed by atoms with Gasteiger partial charge >= 0.3 is 23.5 Å². The number of carbonyl (C=O) groups is 3. The summed E-state index contributed by atoms with van der Waals surface area (Å²) < 4.78 is 62.3. The lowest BCUT2D eigenvalue weighted by atomic mass is 9.87. The number of hydrogen-bond acceptors (Lipinski definition) is 19. The number of anilines is 1. The summed E-state index contributed by atoms with van der Waals surface area (Å²) in [4.78, 5) is 88.2. The Balaban J connectivity index is 1.37. The van der Waals surface area contributed by atoms with Gasteiger partial charge in [0.05, 0.1) is 25.6 Å². The van der Waals surface area contributed by atoms with Gasteiger partial charge in [-0.2, -0.15) is 4.31 Å². The molecule has 2 aromatic rings. The number of unbranched alkanes of at least 4 members (excludes halogenated alkanes) is 2. The van der Waals surface area contributed by atoms with Crippen molar-refractivity contribution in [2.75, 3.05) is 37.8 Å². The van der Waals surface area contributed by atoms with Gasteiger partial charge in [-0.25, -0.2) is 28.6 Å². The first kappa shape index (κ1) is 55.3. The van der Waals surface area contributed by atoms with E-state index < -0.39 is 90.7 Å². The van der Waals surface area contributed by atoms with E-state index in [1.54, 1.807) is 0 Å². The van der Waals surface area contributed by atoms with Crippen LogP contribution in [-0.4, -0.2) is 134 Å². The summed E-state index contributed by atoms with van der Waals surface area (Å²) in [6, 6.07) is 0. The number of amides is 2. The van der Waals surface area contributed by atoms with Crippen molar-refractivity contribution in [3.8, 4) is 0 Å². The Morgan fingerprint density at radius 1 is 1.00 bits per heavy atom. The fraction of sp³-hybridized carbons (Fsp3) is 0.657. The molecule has 0 bridgehead atoms. The topological polar surface area (TPSA) is 384 Å². The molecule has 2 unspecified atom stereocenters. The highest BCUT2D eigenvalue weighted by Crippen LogP contribution is 2.61. The molecule has 0 aliphatic carbocycles. The molecule has 0 saturated carbocycles. The van der Waals surface area contributed by atoms with Gasteiger partial charge in [0.2, 0.25) is 11.8 Å². The van der Waals surface area contributed by atoms with E-state index in [9.17, 15) is 63.0 Å². The maximum absolute atomic E-state index is 12.7. The highest BCUT2D eigenvalue weighted by molar-refractivity contribution is 8.13. The van der Waals surface area contributed by atoms with Gasteiger partial charge in [-0.05, 0) is 32.1 Å². The molecule has 2 amide bonds. The number of hydrogen-bond donors (Lipinski definition) is 10. The SMILES string of the molecule is CC/C=C\C/C=C\CCCC[C@H](O)CC(=O)SCCNC(=O)CCNC(=O)[C@H](O)C(C)(C)COP(=O)(O)OP(=O)(O)OC[C@H]1O[C@@H](n2cnc3c(N)ncnc32)[C@H](O)[C@@H]1OP(=O)(O)O. The molecule has 0 spiro atoms. The molecule has 11 N–H and O–H groups in total. The zero-order valence-corrected chi connectivity index (χ0v) is 38.9. The number of nitrogens with zero attached hydrogens (tertiary/aromatic N) is 4. The molecule has 1 fully saturated rings. The predicted molar refractivity (Wildman–Crippen MR) is 229 cm³/mol. The van der Waals surface area contributed by atoms with Crippen LogP contribution >= 0.6 is 35.2 Å². The molecular weight excluding hydrogens is 931 g/mol. The lowest BCUT2D eigenvalue weighted by Crippen LogP contribution is -2.46. The average molecular weight is 990 g/mol. The second kappa shape index (κ2) is 25.8. The number of nitrogen functional groups attached to an aromatic ring is 1. The molecule has 3 rings (SSSR count). The van der Waals surface area contributed by atoms with Gasteiger partial charge in [0.1, 0.15) is 36.3 Å². The van der Waals surface area contributed by atoms with Crippen LogP contribution in [0.25, 0.3) is 11.2 Å². The number of imidazole rings is 1. The summed E-state index contributed by atoms with van der Waals surface area (Å²) >= 11 is 0.978. The maximum Gasteiger partial charge on any atom is 0.481 e. The number of aliphatic hydroxyl groups is 3. The van der Waals surface area contributed by atoms with Gasteiger partial charge in [0.15, 0.2) is 22.8 Å². The minimum absolute atomic E-state index is 0.00184. The Morgan fingerprint density at radius 3 is 2.41 bits per heavy atom. The van der Waals surface area contributed by atoms with Crippen LogP contribution in [0.1, 0.15) is 78.4 Å². The van der Waals surface area contributed by atoms with Crippen LogP contribution < -0.4 is 16.4 Å². The molecule has 29 heteroatoms. The maximum atomic E-state index is 12.7. The minimum atomic E-state index is -5.59. The van der Waals surface area contributed by atoms with Crippen LogP contribution in [0, 0.1) is 5.41 Å². The molecule has 362 valence electrons. The zero-order chi connectivity index (χ0) is 47.7. The Labute approximate surface area is 373 Å². The molecule has 2 aromatic heterocycles.